The van der Waals surface area contributed by atoms with Crippen LogP contribution in [0.2, 0.25) is 0 Å². The second kappa shape index (κ2) is 16.3. The van der Waals surface area contributed by atoms with Gasteiger partial charge in [-0.1, -0.05) is 65.4 Å². The van der Waals surface area contributed by atoms with Crippen molar-refractivity contribution < 1.29 is 24.5 Å². The van der Waals surface area contributed by atoms with E-state index in [1.807, 2.05) is 0 Å². The molecule has 0 spiro atoms. The minimum atomic E-state index is -0.353. The van der Waals surface area contributed by atoms with Gasteiger partial charge in [-0.2, -0.15) is 0 Å². The molecule has 6 atom stereocenters. The van der Waals surface area contributed by atoms with Crippen molar-refractivity contribution in [1.82, 2.24) is 0 Å². The Morgan fingerprint density at radius 1 is 0.892 bits per heavy atom. The van der Waals surface area contributed by atoms with Crippen LogP contribution in [0.4, 0.5) is 0 Å². The van der Waals surface area contributed by atoms with Crippen LogP contribution >= 0.6 is 0 Å². The van der Waals surface area contributed by atoms with E-state index >= 15 is 0 Å². The van der Waals surface area contributed by atoms with Crippen molar-refractivity contribution >= 4 is 5.97 Å². The number of carbonyl (C=O) groups is 1. The average molecular weight is 521 g/mol. The van der Waals surface area contributed by atoms with E-state index in [4.69, 9.17) is 9.47 Å². The van der Waals surface area contributed by atoms with Crippen molar-refractivity contribution in [3.05, 3.63) is 12.7 Å². The van der Waals surface area contributed by atoms with Crippen molar-refractivity contribution in [1.29, 1.82) is 0 Å². The van der Waals surface area contributed by atoms with E-state index in [0.717, 1.165) is 54.8 Å². The number of hydrogen-bond acceptors (Lipinski definition) is 5. The van der Waals surface area contributed by atoms with Gasteiger partial charge in [-0.05, 0) is 86.4 Å². The molecule has 5 nitrogen and oxygen atoms in total. The molecule has 214 valence electrons. The number of hydrogen-bond donors (Lipinski definition) is 2. The summed E-state index contributed by atoms with van der Waals surface area (Å²) in [7, 11) is 0. The van der Waals surface area contributed by atoms with Crippen LogP contribution in [0.25, 0.3) is 0 Å². The van der Waals surface area contributed by atoms with Gasteiger partial charge in [0, 0.05) is 31.8 Å². The highest BCUT2D eigenvalue weighted by molar-refractivity contribution is 5.81. The second-order valence-corrected chi connectivity index (χ2v) is 12.9. The zero-order chi connectivity index (χ0) is 26.6. The van der Waals surface area contributed by atoms with Crippen LogP contribution in [-0.2, 0) is 14.3 Å². The number of aliphatic hydroxyl groups is 2. The fourth-order valence-electron chi connectivity index (χ4n) is 7.76. The zero-order valence-corrected chi connectivity index (χ0v) is 23.8. The van der Waals surface area contributed by atoms with Crippen LogP contribution in [0.15, 0.2) is 12.7 Å². The summed E-state index contributed by atoms with van der Waals surface area (Å²) in [6.45, 7) is 9.39. The third kappa shape index (κ3) is 9.97. The molecule has 3 saturated carbocycles. The molecule has 5 heteroatoms. The Balaban J connectivity index is 1.47. The molecule has 0 bridgehead atoms. The maximum atomic E-state index is 11.6. The van der Waals surface area contributed by atoms with Crippen molar-refractivity contribution in [2.45, 2.75) is 110 Å². The van der Waals surface area contributed by atoms with Crippen molar-refractivity contribution in [2.24, 2.45) is 47.3 Å². The smallest absolute Gasteiger partial charge is 0.330 e. The summed E-state index contributed by atoms with van der Waals surface area (Å²) in [5.74, 6) is 5.11. The molecule has 0 aromatic rings. The van der Waals surface area contributed by atoms with Gasteiger partial charge in [0.05, 0.1) is 12.7 Å². The topological polar surface area (TPSA) is 76.0 Å². The number of carbonyl (C=O) groups excluding carboxylic acids is 1. The first kappa shape index (κ1) is 30.6. The predicted octanol–water partition coefficient (Wildman–Crippen LogP) is 6.56. The van der Waals surface area contributed by atoms with Crippen molar-refractivity contribution in [3.8, 4) is 0 Å². The highest BCUT2D eigenvalue weighted by Gasteiger charge is 2.39. The first-order valence-corrected chi connectivity index (χ1v) is 15.6. The third-order valence-electron chi connectivity index (χ3n) is 10.3. The Kier molecular flexibility index (Phi) is 13.5. The Labute approximate surface area is 226 Å². The van der Waals surface area contributed by atoms with Gasteiger partial charge in [-0.15, -0.1) is 0 Å². The molecule has 0 saturated heterocycles. The fourth-order valence-corrected chi connectivity index (χ4v) is 7.76. The van der Waals surface area contributed by atoms with Gasteiger partial charge in [-0.25, -0.2) is 4.79 Å². The lowest BCUT2D eigenvalue weighted by Gasteiger charge is -2.44. The van der Waals surface area contributed by atoms with Crippen LogP contribution in [0.1, 0.15) is 104 Å². The normalized spacial score (nSPS) is 34.8. The predicted molar refractivity (Wildman–Crippen MR) is 149 cm³/mol. The van der Waals surface area contributed by atoms with Gasteiger partial charge in [-0.3, -0.25) is 0 Å². The van der Waals surface area contributed by atoms with E-state index < -0.39 is 0 Å². The molecule has 3 aliphatic carbocycles. The number of rotatable bonds is 14. The minimum absolute atomic E-state index is 0.00599. The molecule has 0 heterocycles. The summed E-state index contributed by atoms with van der Waals surface area (Å²) < 4.78 is 11.6. The molecule has 2 N–H and O–H groups in total. The summed E-state index contributed by atoms with van der Waals surface area (Å²) in [4.78, 5) is 11.6. The molecular formula is C32H56O5. The van der Waals surface area contributed by atoms with Gasteiger partial charge in [0.25, 0.3) is 0 Å². The van der Waals surface area contributed by atoms with Gasteiger partial charge in [0.1, 0.15) is 0 Å². The minimum Gasteiger partial charge on any atom is -0.463 e. The summed E-state index contributed by atoms with van der Waals surface area (Å²) in [5.41, 5.74) is 0. The van der Waals surface area contributed by atoms with Crippen LogP contribution in [0.3, 0.4) is 0 Å². The highest BCUT2D eigenvalue weighted by Crippen LogP contribution is 2.47. The van der Waals surface area contributed by atoms with Crippen molar-refractivity contribution in [3.63, 3.8) is 0 Å². The van der Waals surface area contributed by atoms with Crippen LogP contribution in [0, 0.1) is 47.3 Å². The van der Waals surface area contributed by atoms with Crippen LogP contribution in [-0.4, -0.2) is 48.7 Å². The van der Waals surface area contributed by atoms with Crippen LogP contribution < -0.4 is 0 Å². The molecule has 0 aliphatic heterocycles. The highest BCUT2D eigenvalue weighted by atomic mass is 16.5. The lowest BCUT2D eigenvalue weighted by molar-refractivity contribution is -0.139. The largest absolute Gasteiger partial charge is 0.463 e. The SMILES string of the molecule is C=CC(=O)OCCC1CC(C2CCC(CCC3CCC(C)CC3)CC2C)CCC1OCCC(CO)CO. The lowest BCUT2D eigenvalue weighted by atomic mass is 9.63. The van der Waals surface area contributed by atoms with Gasteiger partial charge in [0.2, 0.25) is 0 Å². The number of esters is 1. The maximum Gasteiger partial charge on any atom is 0.330 e. The molecule has 6 unspecified atom stereocenters. The molecular weight excluding hydrogens is 464 g/mol. The molecule has 0 radical (unpaired) electrons. The van der Waals surface area contributed by atoms with E-state index in [0.29, 0.717) is 25.6 Å². The van der Waals surface area contributed by atoms with E-state index in [2.05, 4.69) is 20.4 Å². The van der Waals surface area contributed by atoms with Crippen molar-refractivity contribution in [2.75, 3.05) is 26.4 Å². The summed E-state index contributed by atoms with van der Waals surface area (Å²) in [6.07, 6.45) is 19.2. The maximum absolute atomic E-state index is 11.6. The third-order valence-corrected chi connectivity index (χ3v) is 10.3. The molecule has 37 heavy (non-hydrogen) atoms. The molecule has 0 amide bonds. The summed E-state index contributed by atoms with van der Waals surface area (Å²) in [6, 6.07) is 0. The molecule has 3 fully saturated rings. The molecule has 0 aromatic heterocycles. The Hall–Kier alpha value is -0.910. The Morgan fingerprint density at radius 3 is 2.27 bits per heavy atom. The quantitative estimate of drug-likeness (QED) is 0.200. The Bertz CT molecular complexity index is 654. The lowest BCUT2D eigenvalue weighted by Crippen LogP contribution is -2.38. The molecule has 3 aliphatic rings. The average Bonchev–Trinajstić information content (AvgIpc) is 2.91. The molecule has 0 aromatic carbocycles. The number of aliphatic hydroxyl groups excluding tert-OH is 2. The zero-order valence-electron chi connectivity index (χ0n) is 23.8. The van der Waals surface area contributed by atoms with Crippen LogP contribution in [0.5, 0.6) is 0 Å². The monoisotopic (exact) mass is 520 g/mol. The summed E-state index contributed by atoms with van der Waals surface area (Å²) >= 11 is 0. The Morgan fingerprint density at radius 2 is 1.59 bits per heavy atom. The fraction of sp³-hybridized carbons (Fsp3) is 0.906. The standard InChI is InChI=1S/C32H56O5/c1-4-32(35)37-18-16-29-20-28(12-14-31(29)36-17-15-27(21-33)22-34)30-13-11-26(19-24(30)3)10-9-25-7-5-23(2)6-8-25/h4,23-31,33-34H,1,5-22H2,2-3H3. The van der Waals surface area contributed by atoms with Gasteiger partial charge < -0.3 is 19.7 Å². The van der Waals surface area contributed by atoms with E-state index in [9.17, 15) is 15.0 Å². The van der Waals surface area contributed by atoms with E-state index in [1.54, 1.807) is 0 Å². The van der Waals surface area contributed by atoms with Gasteiger partial charge in [0.15, 0.2) is 0 Å². The van der Waals surface area contributed by atoms with E-state index in [-0.39, 0.29) is 31.2 Å². The van der Waals surface area contributed by atoms with E-state index in [1.165, 1.54) is 70.3 Å². The first-order chi connectivity index (χ1) is 17.9. The number of ether oxygens (including phenoxy) is 2. The first-order valence-electron chi connectivity index (χ1n) is 15.6. The van der Waals surface area contributed by atoms with Gasteiger partial charge >= 0.3 is 5.97 Å². The summed E-state index contributed by atoms with van der Waals surface area (Å²) in [5, 5.41) is 18.7. The second-order valence-electron chi connectivity index (χ2n) is 12.9. The molecule has 3 rings (SSSR count).